The standard InChI is InChI=1S/C20H20FN3O3/c1-13-4-9-17(16(21)11-13)23-18(25)12-22-20(27)14-5-7-15(8-6-14)24-10-2-3-19(24)26/h4-9,11H,2-3,10,12H2,1H3,(H,22,27)(H,23,25). The van der Waals surface area contributed by atoms with Gasteiger partial charge < -0.3 is 15.5 Å². The first-order valence-electron chi connectivity index (χ1n) is 8.68. The molecule has 3 rings (SSSR count). The summed E-state index contributed by atoms with van der Waals surface area (Å²) in [7, 11) is 0. The summed E-state index contributed by atoms with van der Waals surface area (Å²) < 4.78 is 13.7. The molecule has 1 aliphatic rings. The van der Waals surface area contributed by atoms with Crippen molar-refractivity contribution in [2.24, 2.45) is 0 Å². The van der Waals surface area contributed by atoms with Crippen LogP contribution >= 0.6 is 0 Å². The molecule has 0 radical (unpaired) electrons. The molecule has 0 bridgehead atoms. The van der Waals surface area contributed by atoms with Crippen molar-refractivity contribution in [2.75, 3.05) is 23.3 Å². The first-order chi connectivity index (χ1) is 12.9. The number of hydrogen-bond donors (Lipinski definition) is 2. The Bertz CT molecular complexity index is 881. The largest absolute Gasteiger partial charge is 0.343 e. The summed E-state index contributed by atoms with van der Waals surface area (Å²) in [5.41, 5.74) is 1.94. The zero-order chi connectivity index (χ0) is 19.4. The van der Waals surface area contributed by atoms with Gasteiger partial charge in [-0.05, 0) is 55.3 Å². The summed E-state index contributed by atoms with van der Waals surface area (Å²) in [5.74, 6) is -1.40. The molecule has 0 spiro atoms. The van der Waals surface area contributed by atoms with Gasteiger partial charge in [0.1, 0.15) is 5.82 Å². The minimum Gasteiger partial charge on any atom is -0.343 e. The lowest BCUT2D eigenvalue weighted by atomic mass is 10.2. The average molecular weight is 369 g/mol. The van der Waals surface area contributed by atoms with Gasteiger partial charge in [-0.15, -0.1) is 0 Å². The van der Waals surface area contributed by atoms with Gasteiger partial charge >= 0.3 is 0 Å². The van der Waals surface area contributed by atoms with Crippen molar-refractivity contribution >= 4 is 29.1 Å². The summed E-state index contributed by atoms with van der Waals surface area (Å²) in [6.45, 7) is 2.15. The molecule has 0 aromatic heterocycles. The van der Waals surface area contributed by atoms with Crippen LogP contribution in [0.25, 0.3) is 0 Å². The van der Waals surface area contributed by atoms with E-state index in [1.54, 1.807) is 42.2 Å². The van der Waals surface area contributed by atoms with Crippen LogP contribution in [0, 0.1) is 12.7 Å². The Hall–Kier alpha value is -3.22. The van der Waals surface area contributed by atoms with Gasteiger partial charge in [0, 0.05) is 24.2 Å². The van der Waals surface area contributed by atoms with Crippen LogP contribution < -0.4 is 15.5 Å². The number of anilines is 2. The van der Waals surface area contributed by atoms with E-state index in [1.165, 1.54) is 12.1 Å². The first-order valence-corrected chi connectivity index (χ1v) is 8.68. The first kappa shape index (κ1) is 18.6. The molecule has 1 fully saturated rings. The molecule has 1 saturated heterocycles. The molecule has 0 atom stereocenters. The van der Waals surface area contributed by atoms with Crippen molar-refractivity contribution in [2.45, 2.75) is 19.8 Å². The monoisotopic (exact) mass is 369 g/mol. The molecule has 2 aromatic rings. The molecular weight excluding hydrogens is 349 g/mol. The van der Waals surface area contributed by atoms with E-state index in [0.29, 0.717) is 18.5 Å². The molecule has 27 heavy (non-hydrogen) atoms. The summed E-state index contributed by atoms with van der Waals surface area (Å²) in [4.78, 5) is 37.5. The van der Waals surface area contributed by atoms with E-state index in [2.05, 4.69) is 10.6 Å². The fourth-order valence-electron chi connectivity index (χ4n) is 2.89. The number of benzene rings is 2. The second-order valence-corrected chi connectivity index (χ2v) is 6.41. The molecule has 0 aliphatic carbocycles. The minimum atomic E-state index is -0.526. The molecule has 1 aliphatic heterocycles. The van der Waals surface area contributed by atoms with Crippen LogP contribution in [0.15, 0.2) is 42.5 Å². The van der Waals surface area contributed by atoms with E-state index in [1.807, 2.05) is 0 Å². The number of amides is 3. The Morgan fingerprint density at radius 1 is 1.15 bits per heavy atom. The Morgan fingerprint density at radius 3 is 2.52 bits per heavy atom. The predicted octanol–water partition coefficient (Wildman–Crippen LogP) is 2.63. The van der Waals surface area contributed by atoms with Crippen molar-refractivity contribution in [1.29, 1.82) is 0 Å². The van der Waals surface area contributed by atoms with Crippen LogP contribution in [0.2, 0.25) is 0 Å². The van der Waals surface area contributed by atoms with Gasteiger partial charge in [0.15, 0.2) is 0 Å². The highest BCUT2D eigenvalue weighted by Gasteiger charge is 2.21. The van der Waals surface area contributed by atoms with Gasteiger partial charge in [0.2, 0.25) is 11.8 Å². The number of carbonyl (C=O) groups is 3. The van der Waals surface area contributed by atoms with Crippen LogP contribution in [0.4, 0.5) is 15.8 Å². The Morgan fingerprint density at radius 2 is 1.89 bits per heavy atom. The number of rotatable bonds is 5. The summed E-state index contributed by atoms with van der Waals surface area (Å²) >= 11 is 0. The van der Waals surface area contributed by atoms with E-state index in [0.717, 1.165) is 17.7 Å². The molecule has 2 aromatic carbocycles. The van der Waals surface area contributed by atoms with Crippen molar-refractivity contribution < 1.29 is 18.8 Å². The minimum absolute atomic E-state index is 0.0690. The number of carbonyl (C=O) groups excluding carboxylic acids is 3. The lowest BCUT2D eigenvalue weighted by Gasteiger charge is -2.15. The number of nitrogens with zero attached hydrogens (tertiary/aromatic N) is 1. The van der Waals surface area contributed by atoms with E-state index < -0.39 is 17.6 Å². The van der Waals surface area contributed by atoms with Crippen molar-refractivity contribution in [3.05, 3.63) is 59.4 Å². The van der Waals surface area contributed by atoms with Gasteiger partial charge in [0.05, 0.1) is 12.2 Å². The smallest absolute Gasteiger partial charge is 0.251 e. The highest BCUT2D eigenvalue weighted by atomic mass is 19.1. The maximum absolute atomic E-state index is 13.7. The van der Waals surface area contributed by atoms with Gasteiger partial charge in [0.25, 0.3) is 5.91 Å². The third kappa shape index (κ3) is 4.49. The third-order valence-electron chi connectivity index (χ3n) is 4.32. The van der Waals surface area contributed by atoms with Crippen LogP contribution in [-0.2, 0) is 9.59 Å². The molecule has 0 saturated carbocycles. The zero-order valence-corrected chi connectivity index (χ0v) is 14.9. The van der Waals surface area contributed by atoms with Gasteiger partial charge in [-0.2, -0.15) is 0 Å². The molecule has 140 valence electrons. The third-order valence-corrected chi connectivity index (χ3v) is 4.32. The molecule has 6 nitrogen and oxygen atoms in total. The van der Waals surface area contributed by atoms with Gasteiger partial charge in [-0.3, -0.25) is 14.4 Å². The highest BCUT2D eigenvalue weighted by Crippen LogP contribution is 2.21. The molecule has 0 unspecified atom stereocenters. The lowest BCUT2D eigenvalue weighted by Crippen LogP contribution is -2.33. The fourth-order valence-corrected chi connectivity index (χ4v) is 2.89. The van der Waals surface area contributed by atoms with E-state index in [9.17, 15) is 18.8 Å². The van der Waals surface area contributed by atoms with E-state index in [-0.39, 0.29) is 18.1 Å². The van der Waals surface area contributed by atoms with Crippen molar-refractivity contribution in [3.8, 4) is 0 Å². The Labute approximate surface area is 156 Å². The number of hydrogen-bond acceptors (Lipinski definition) is 3. The quantitative estimate of drug-likeness (QED) is 0.850. The van der Waals surface area contributed by atoms with Gasteiger partial charge in [-0.1, -0.05) is 6.07 Å². The maximum Gasteiger partial charge on any atom is 0.251 e. The molecule has 1 heterocycles. The summed E-state index contributed by atoms with van der Waals surface area (Å²) in [6, 6.07) is 11.1. The summed E-state index contributed by atoms with van der Waals surface area (Å²) in [6.07, 6.45) is 1.37. The topological polar surface area (TPSA) is 78.5 Å². The Kier molecular flexibility index (Phi) is 5.49. The highest BCUT2D eigenvalue weighted by molar-refractivity contribution is 6.00. The molecule has 7 heteroatoms. The number of nitrogens with one attached hydrogen (secondary N) is 2. The second kappa shape index (κ2) is 7.99. The SMILES string of the molecule is Cc1ccc(NC(=O)CNC(=O)c2ccc(N3CCCC3=O)cc2)c(F)c1. The molecule has 2 N–H and O–H groups in total. The van der Waals surface area contributed by atoms with Crippen molar-refractivity contribution in [1.82, 2.24) is 5.32 Å². The van der Waals surface area contributed by atoms with Crippen LogP contribution in [0.1, 0.15) is 28.8 Å². The van der Waals surface area contributed by atoms with E-state index >= 15 is 0 Å². The molecule has 3 amide bonds. The average Bonchev–Trinajstić information content (AvgIpc) is 3.08. The van der Waals surface area contributed by atoms with Crippen LogP contribution in [-0.4, -0.2) is 30.8 Å². The Balaban J connectivity index is 1.54. The predicted molar refractivity (Wildman–Crippen MR) is 100 cm³/mol. The second-order valence-electron chi connectivity index (χ2n) is 6.41. The maximum atomic E-state index is 13.7. The van der Waals surface area contributed by atoms with Crippen LogP contribution in [0.5, 0.6) is 0 Å². The fraction of sp³-hybridized carbons (Fsp3) is 0.250. The van der Waals surface area contributed by atoms with Crippen molar-refractivity contribution in [3.63, 3.8) is 0 Å². The number of aryl methyl sites for hydroxylation is 1. The normalized spacial score (nSPS) is 13.6. The van der Waals surface area contributed by atoms with Gasteiger partial charge in [-0.25, -0.2) is 4.39 Å². The van der Waals surface area contributed by atoms with E-state index in [4.69, 9.17) is 0 Å². The lowest BCUT2D eigenvalue weighted by molar-refractivity contribution is -0.117. The molecular formula is C20H20FN3O3. The number of halogens is 1. The summed E-state index contributed by atoms with van der Waals surface area (Å²) in [5, 5.41) is 4.92. The zero-order valence-electron chi connectivity index (χ0n) is 14.9. The van der Waals surface area contributed by atoms with Crippen LogP contribution in [0.3, 0.4) is 0 Å².